The number of aliphatic imine (C=N–C) groups is 1. The van der Waals surface area contributed by atoms with Gasteiger partial charge in [-0.05, 0) is 62.5 Å². The molecule has 1 aliphatic heterocycles. The van der Waals surface area contributed by atoms with Crippen molar-refractivity contribution in [2.75, 3.05) is 46.4 Å². The van der Waals surface area contributed by atoms with Gasteiger partial charge >= 0.3 is 0 Å². The first-order valence-electron chi connectivity index (χ1n) is 10.9. The molecule has 1 atom stereocenters. The van der Waals surface area contributed by atoms with Crippen LogP contribution in [0.1, 0.15) is 41.0 Å². The van der Waals surface area contributed by atoms with Crippen LogP contribution in [-0.4, -0.2) is 63.1 Å². The maximum absolute atomic E-state index is 12.3. The molecule has 1 aliphatic rings. The lowest BCUT2D eigenvalue weighted by Gasteiger charge is -2.25. The summed E-state index contributed by atoms with van der Waals surface area (Å²) in [4.78, 5) is 21.1. The van der Waals surface area contributed by atoms with E-state index in [1.807, 2.05) is 12.1 Å². The number of rotatable bonds is 10. The second-order valence-corrected chi connectivity index (χ2v) is 8.39. The van der Waals surface area contributed by atoms with E-state index in [9.17, 15) is 4.79 Å². The van der Waals surface area contributed by atoms with Crippen molar-refractivity contribution >= 4 is 47.2 Å². The minimum absolute atomic E-state index is 0. The topological polar surface area (TPSA) is 78.0 Å². The lowest BCUT2D eigenvalue weighted by molar-refractivity contribution is 0.0954. The van der Waals surface area contributed by atoms with Gasteiger partial charge in [0.25, 0.3) is 5.91 Å². The molecule has 3 N–H and O–H groups in total. The Morgan fingerprint density at radius 2 is 1.94 bits per heavy atom. The smallest absolute Gasteiger partial charge is 0.251 e. The number of hydrogen-bond acceptors (Lipinski definition) is 5. The first-order chi connectivity index (χ1) is 15.2. The number of ether oxygens (including phenoxy) is 1. The molecule has 1 saturated heterocycles. The number of carbonyl (C=O) groups excluding carboxylic acids is 1. The van der Waals surface area contributed by atoms with Crippen molar-refractivity contribution in [1.29, 1.82) is 0 Å². The summed E-state index contributed by atoms with van der Waals surface area (Å²) in [5.74, 6) is 1.33. The van der Waals surface area contributed by atoms with E-state index in [2.05, 4.69) is 45.3 Å². The summed E-state index contributed by atoms with van der Waals surface area (Å²) < 4.78 is 5.18. The van der Waals surface area contributed by atoms with Crippen molar-refractivity contribution in [3.05, 3.63) is 52.2 Å². The Balaban J connectivity index is 0.00000363. The maximum atomic E-state index is 12.3. The summed E-state index contributed by atoms with van der Waals surface area (Å²) in [5, 5.41) is 11.7. The molecule has 0 bridgehead atoms. The Morgan fingerprint density at radius 3 is 2.62 bits per heavy atom. The van der Waals surface area contributed by atoms with E-state index in [1.54, 1.807) is 30.6 Å². The van der Waals surface area contributed by atoms with E-state index >= 15 is 0 Å². The highest BCUT2D eigenvalue weighted by molar-refractivity contribution is 14.0. The van der Waals surface area contributed by atoms with E-state index in [0.717, 1.165) is 25.6 Å². The van der Waals surface area contributed by atoms with Crippen LogP contribution in [0, 0.1) is 0 Å². The van der Waals surface area contributed by atoms with Crippen LogP contribution in [-0.2, 0) is 0 Å². The molecule has 0 aliphatic carbocycles. The molecule has 176 valence electrons. The van der Waals surface area contributed by atoms with Crippen molar-refractivity contribution in [3.8, 4) is 5.75 Å². The maximum Gasteiger partial charge on any atom is 0.251 e. The zero-order chi connectivity index (χ0) is 21.9. The SMILES string of the molecule is CCNC(=NCC(c1cccs1)N1CCCC1)NCCNC(=O)c1cccc(OC)c1.I. The van der Waals surface area contributed by atoms with Gasteiger partial charge in [0.05, 0.1) is 19.7 Å². The predicted octanol–water partition coefficient (Wildman–Crippen LogP) is 3.50. The monoisotopic (exact) mass is 571 g/mol. The Labute approximate surface area is 212 Å². The Morgan fingerprint density at radius 1 is 1.16 bits per heavy atom. The number of nitrogens with zero attached hydrogens (tertiary/aromatic N) is 2. The van der Waals surface area contributed by atoms with Crippen LogP contribution < -0.4 is 20.7 Å². The summed E-state index contributed by atoms with van der Waals surface area (Å²) >= 11 is 1.80. The summed E-state index contributed by atoms with van der Waals surface area (Å²) in [7, 11) is 1.59. The third-order valence-electron chi connectivity index (χ3n) is 5.25. The van der Waals surface area contributed by atoms with E-state index in [4.69, 9.17) is 9.73 Å². The van der Waals surface area contributed by atoms with Gasteiger partial charge in [0.1, 0.15) is 5.75 Å². The molecule has 1 aromatic heterocycles. The van der Waals surface area contributed by atoms with E-state index in [-0.39, 0.29) is 29.9 Å². The van der Waals surface area contributed by atoms with E-state index < -0.39 is 0 Å². The van der Waals surface area contributed by atoms with Crippen LogP contribution in [0.5, 0.6) is 5.75 Å². The largest absolute Gasteiger partial charge is 0.497 e. The van der Waals surface area contributed by atoms with Gasteiger partial charge in [-0.1, -0.05) is 12.1 Å². The van der Waals surface area contributed by atoms with E-state index in [1.165, 1.54) is 17.7 Å². The second-order valence-electron chi connectivity index (χ2n) is 7.41. The average Bonchev–Trinajstić information content (AvgIpc) is 3.51. The van der Waals surface area contributed by atoms with Crippen molar-refractivity contribution in [3.63, 3.8) is 0 Å². The minimum atomic E-state index is -0.116. The van der Waals surface area contributed by atoms with Gasteiger partial charge in [0.15, 0.2) is 5.96 Å². The summed E-state index contributed by atoms with van der Waals surface area (Å²) in [6.45, 7) is 6.92. The number of thiophene rings is 1. The standard InChI is InChI=1S/C23H33N5O2S.HI/c1-3-24-23(26-12-11-25-22(29)18-8-6-9-19(16-18)30-2)27-17-20(21-10-7-15-31-21)28-13-4-5-14-28;/h6-10,15-16,20H,3-5,11-14,17H2,1-2H3,(H,25,29)(H2,24,26,27);1H. The van der Waals surface area contributed by atoms with Crippen LogP contribution in [0.25, 0.3) is 0 Å². The fraction of sp³-hybridized carbons (Fsp3) is 0.478. The number of methoxy groups -OCH3 is 1. The van der Waals surface area contributed by atoms with Gasteiger partial charge in [-0.15, -0.1) is 35.3 Å². The number of benzene rings is 1. The lowest BCUT2D eigenvalue weighted by atomic mass is 10.2. The third-order valence-corrected chi connectivity index (χ3v) is 6.23. The number of likely N-dealkylation sites (tertiary alicyclic amines) is 1. The highest BCUT2D eigenvalue weighted by Crippen LogP contribution is 2.28. The molecule has 0 saturated carbocycles. The first kappa shape index (κ1) is 26.4. The minimum Gasteiger partial charge on any atom is -0.497 e. The molecule has 1 fully saturated rings. The van der Waals surface area contributed by atoms with Crippen LogP contribution in [0.3, 0.4) is 0 Å². The van der Waals surface area contributed by atoms with Gasteiger partial charge in [0.2, 0.25) is 0 Å². The summed E-state index contributed by atoms with van der Waals surface area (Å²) in [6, 6.07) is 11.8. The molecule has 0 radical (unpaired) electrons. The molecule has 7 nitrogen and oxygen atoms in total. The van der Waals surface area contributed by atoms with Gasteiger partial charge in [-0.25, -0.2) is 0 Å². The molecular weight excluding hydrogens is 537 g/mol. The molecule has 1 aromatic carbocycles. The van der Waals surface area contributed by atoms with Crippen LogP contribution >= 0.6 is 35.3 Å². The Kier molecular flexibility index (Phi) is 11.8. The van der Waals surface area contributed by atoms with Crippen LogP contribution in [0.2, 0.25) is 0 Å². The zero-order valence-corrected chi connectivity index (χ0v) is 21.9. The molecule has 0 spiro atoms. The highest BCUT2D eigenvalue weighted by atomic mass is 127. The number of nitrogens with one attached hydrogen (secondary N) is 3. The van der Waals surface area contributed by atoms with Gasteiger partial charge < -0.3 is 20.7 Å². The number of carbonyl (C=O) groups is 1. The number of halogens is 1. The van der Waals surface area contributed by atoms with Crippen molar-refractivity contribution < 1.29 is 9.53 Å². The number of amides is 1. The third kappa shape index (κ3) is 7.93. The fourth-order valence-electron chi connectivity index (χ4n) is 3.66. The van der Waals surface area contributed by atoms with Crippen LogP contribution in [0.4, 0.5) is 0 Å². The normalized spacial score (nSPS) is 15.0. The molecule has 2 aromatic rings. The second kappa shape index (κ2) is 14.3. The summed E-state index contributed by atoms with van der Waals surface area (Å²) in [6.07, 6.45) is 2.52. The zero-order valence-electron chi connectivity index (χ0n) is 18.8. The van der Waals surface area contributed by atoms with Gasteiger partial charge in [-0.3, -0.25) is 14.7 Å². The quantitative estimate of drug-likeness (QED) is 0.176. The van der Waals surface area contributed by atoms with Gasteiger partial charge in [-0.2, -0.15) is 0 Å². The number of hydrogen-bond donors (Lipinski definition) is 3. The van der Waals surface area contributed by atoms with Crippen molar-refractivity contribution in [2.45, 2.75) is 25.8 Å². The van der Waals surface area contributed by atoms with Crippen molar-refractivity contribution in [2.24, 2.45) is 4.99 Å². The fourth-order valence-corrected chi connectivity index (χ4v) is 4.51. The molecule has 1 amide bonds. The Bertz CT molecular complexity index is 841. The highest BCUT2D eigenvalue weighted by Gasteiger charge is 2.24. The summed E-state index contributed by atoms with van der Waals surface area (Å²) in [5.41, 5.74) is 0.587. The Hall–Kier alpha value is -1.85. The van der Waals surface area contributed by atoms with Crippen LogP contribution in [0.15, 0.2) is 46.8 Å². The molecule has 32 heavy (non-hydrogen) atoms. The molecule has 1 unspecified atom stereocenters. The molecule has 2 heterocycles. The first-order valence-corrected chi connectivity index (χ1v) is 11.8. The predicted molar refractivity (Wildman–Crippen MR) is 143 cm³/mol. The lowest BCUT2D eigenvalue weighted by Crippen LogP contribution is -2.42. The van der Waals surface area contributed by atoms with Gasteiger partial charge in [0, 0.05) is 30.1 Å². The van der Waals surface area contributed by atoms with E-state index in [0.29, 0.717) is 37.0 Å². The van der Waals surface area contributed by atoms with Crippen molar-refractivity contribution in [1.82, 2.24) is 20.9 Å². The molecule has 9 heteroatoms. The molecule has 3 rings (SSSR count). The number of guanidine groups is 1. The average molecular weight is 572 g/mol. The molecular formula is C23H34IN5O2S.